The van der Waals surface area contributed by atoms with E-state index in [-0.39, 0.29) is 46.9 Å². The molecule has 4 aromatic carbocycles. The first kappa shape index (κ1) is 35.3. The highest BCUT2D eigenvalue weighted by Gasteiger charge is 2.42. The molecular weight excluding hydrogens is 651 g/mol. The van der Waals surface area contributed by atoms with E-state index in [1.807, 2.05) is 0 Å². The Morgan fingerprint density at radius 1 is 0.646 bits per heavy atom. The summed E-state index contributed by atoms with van der Waals surface area (Å²) < 4.78 is 146. The minimum absolute atomic E-state index is 0.0896. The molecular formula is C36H31F9O3. The molecule has 4 aromatic rings. The monoisotopic (exact) mass is 682 g/mol. The predicted octanol–water partition coefficient (Wildman–Crippen LogP) is 11.1. The van der Waals surface area contributed by atoms with Crippen molar-refractivity contribution in [3.8, 4) is 28.0 Å². The fourth-order valence-corrected chi connectivity index (χ4v) is 5.57. The van der Waals surface area contributed by atoms with Gasteiger partial charge in [-0.25, -0.2) is 30.7 Å². The van der Waals surface area contributed by atoms with Crippen LogP contribution in [0.5, 0.6) is 5.75 Å². The van der Waals surface area contributed by atoms with Crippen molar-refractivity contribution in [2.75, 3.05) is 13.2 Å². The molecule has 1 aliphatic rings. The summed E-state index contributed by atoms with van der Waals surface area (Å²) in [5, 5.41) is 0. The molecule has 0 aromatic heterocycles. The maximum absolute atomic E-state index is 15.1. The van der Waals surface area contributed by atoms with E-state index in [2.05, 4.69) is 11.7 Å². The van der Waals surface area contributed by atoms with E-state index >= 15 is 13.2 Å². The van der Waals surface area contributed by atoms with Crippen LogP contribution in [0.2, 0.25) is 0 Å². The number of unbranched alkanes of at least 4 members (excludes halogenated alkanes) is 4. The summed E-state index contributed by atoms with van der Waals surface area (Å²) >= 11 is 0. The molecule has 0 bridgehead atoms. The van der Waals surface area contributed by atoms with Gasteiger partial charge in [-0.3, -0.25) is 0 Å². The Kier molecular flexibility index (Phi) is 11.0. The van der Waals surface area contributed by atoms with Crippen LogP contribution < -0.4 is 4.74 Å². The lowest BCUT2D eigenvalue weighted by Gasteiger charge is -2.30. The summed E-state index contributed by atoms with van der Waals surface area (Å²) in [6.45, 7) is 2.70. The highest BCUT2D eigenvalue weighted by atomic mass is 19.3. The number of rotatable bonds is 12. The standard InChI is InChI=1S/C36H31F9O3/c1-2-3-4-5-6-7-20-18-46-35(47-19-20)23-15-29(39)33(30(40)16-23)36(44,45)48-24-9-11-25(28(38)17-24)21-8-10-26(27(37)12-21)22-13-31(41)34(43)32(42)14-22/h8-17,20,35H,2-7,18-19H2,1H3. The summed E-state index contributed by atoms with van der Waals surface area (Å²) in [7, 11) is 0. The molecule has 256 valence electrons. The van der Waals surface area contributed by atoms with Crippen molar-refractivity contribution in [3.63, 3.8) is 0 Å². The highest BCUT2D eigenvalue weighted by molar-refractivity contribution is 5.72. The van der Waals surface area contributed by atoms with Gasteiger partial charge in [0.25, 0.3) is 0 Å². The Bertz CT molecular complexity index is 1710. The predicted molar refractivity (Wildman–Crippen MR) is 159 cm³/mol. The third-order valence-electron chi connectivity index (χ3n) is 8.07. The van der Waals surface area contributed by atoms with Gasteiger partial charge in [-0.15, -0.1) is 0 Å². The van der Waals surface area contributed by atoms with Crippen LogP contribution in [0.15, 0.2) is 60.7 Å². The van der Waals surface area contributed by atoms with E-state index in [1.165, 1.54) is 6.07 Å². The van der Waals surface area contributed by atoms with Crippen LogP contribution in [0.4, 0.5) is 39.5 Å². The lowest BCUT2D eigenvalue weighted by Crippen LogP contribution is -2.28. The van der Waals surface area contributed by atoms with Crippen LogP contribution in [-0.2, 0) is 15.6 Å². The molecule has 1 fully saturated rings. The Balaban J connectivity index is 1.26. The molecule has 0 N–H and O–H groups in total. The van der Waals surface area contributed by atoms with Crippen molar-refractivity contribution < 1.29 is 53.7 Å². The first-order valence-corrected chi connectivity index (χ1v) is 15.4. The Morgan fingerprint density at radius 3 is 1.81 bits per heavy atom. The molecule has 0 atom stereocenters. The first-order chi connectivity index (χ1) is 22.9. The largest absolute Gasteiger partial charge is 0.432 e. The van der Waals surface area contributed by atoms with Gasteiger partial charge in [0.15, 0.2) is 23.7 Å². The van der Waals surface area contributed by atoms with Gasteiger partial charge in [-0.1, -0.05) is 51.2 Å². The van der Waals surface area contributed by atoms with E-state index in [4.69, 9.17) is 9.47 Å². The highest BCUT2D eigenvalue weighted by Crippen LogP contribution is 2.39. The molecule has 0 radical (unpaired) electrons. The smallest absolute Gasteiger partial charge is 0.429 e. The maximum atomic E-state index is 15.1. The molecule has 0 spiro atoms. The van der Waals surface area contributed by atoms with Crippen molar-refractivity contribution in [2.45, 2.75) is 57.8 Å². The summed E-state index contributed by atoms with van der Waals surface area (Å²) in [5.74, 6) is -10.9. The minimum Gasteiger partial charge on any atom is -0.429 e. The molecule has 48 heavy (non-hydrogen) atoms. The quantitative estimate of drug-likeness (QED) is 0.0846. The second kappa shape index (κ2) is 15.0. The van der Waals surface area contributed by atoms with E-state index in [9.17, 15) is 26.3 Å². The summed E-state index contributed by atoms with van der Waals surface area (Å²) in [6.07, 6.45) is 0.661. The molecule has 0 amide bonds. The van der Waals surface area contributed by atoms with E-state index in [1.54, 1.807) is 0 Å². The lowest BCUT2D eigenvalue weighted by atomic mass is 9.99. The van der Waals surface area contributed by atoms with Gasteiger partial charge in [0, 0.05) is 28.7 Å². The topological polar surface area (TPSA) is 27.7 Å². The minimum atomic E-state index is -4.58. The number of ether oxygens (including phenoxy) is 3. The first-order valence-electron chi connectivity index (χ1n) is 15.4. The second-order valence-electron chi connectivity index (χ2n) is 11.6. The van der Waals surface area contributed by atoms with Gasteiger partial charge in [0.1, 0.15) is 34.6 Å². The van der Waals surface area contributed by atoms with Gasteiger partial charge in [-0.2, -0.15) is 8.78 Å². The van der Waals surface area contributed by atoms with Crippen LogP contribution >= 0.6 is 0 Å². The van der Waals surface area contributed by atoms with Crippen molar-refractivity contribution in [1.29, 1.82) is 0 Å². The lowest BCUT2D eigenvalue weighted by molar-refractivity contribution is -0.206. The van der Waals surface area contributed by atoms with Crippen LogP contribution in [0.25, 0.3) is 22.3 Å². The molecule has 0 saturated carbocycles. The summed E-state index contributed by atoms with van der Waals surface area (Å²) in [6, 6.07) is 7.97. The summed E-state index contributed by atoms with van der Waals surface area (Å²) in [4.78, 5) is 0. The van der Waals surface area contributed by atoms with Crippen LogP contribution in [0, 0.1) is 46.6 Å². The molecule has 0 aliphatic carbocycles. The zero-order chi connectivity index (χ0) is 34.6. The second-order valence-corrected chi connectivity index (χ2v) is 11.6. The van der Waals surface area contributed by atoms with Crippen LogP contribution in [0.1, 0.15) is 62.9 Å². The third-order valence-corrected chi connectivity index (χ3v) is 8.07. The zero-order valence-corrected chi connectivity index (χ0v) is 25.7. The summed E-state index contributed by atoms with van der Waals surface area (Å²) in [5.41, 5.74) is -2.83. The Labute approximate surface area is 271 Å². The van der Waals surface area contributed by atoms with Crippen molar-refractivity contribution >= 4 is 0 Å². The average molecular weight is 683 g/mol. The fourth-order valence-electron chi connectivity index (χ4n) is 5.57. The van der Waals surface area contributed by atoms with E-state index in [0.717, 1.165) is 62.8 Å². The van der Waals surface area contributed by atoms with Crippen molar-refractivity contribution in [3.05, 3.63) is 113 Å². The fraction of sp³-hybridized carbons (Fsp3) is 0.333. The average Bonchev–Trinajstić information content (AvgIpc) is 3.03. The molecule has 1 heterocycles. The van der Waals surface area contributed by atoms with Crippen molar-refractivity contribution in [1.82, 2.24) is 0 Å². The zero-order valence-electron chi connectivity index (χ0n) is 25.7. The van der Waals surface area contributed by atoms with Gasteiger partial charge in [-0.05, 0) is 60.0 Å². The maximum Gasteiger partial charge on any atom is 0.432 e. The van der Waals surface area contributed by atoms with Gasteiger partial charge in [0.2, 0.25) is 0 Å². The molecule has 0 unspecified atom stereocenters. The van der Waals surface area contributed by atoms with Crippen molar-refractivity contribution in [2.24, 2.45) is 5.92 Å². The number of benzene rings is 4. The number of halogens is 9. The SMILES string of the molecule is CCCCCCCC1COC(c2cc(F)c(C(F)(F)Oc3ccc(-c4ccc(-c5cc(F)c(F)c(F)c5)c(F)c4)c(F)c3)c(F)c2)OC1. The molecule has 3 nitrogen and oxygen atoms in total. The van der Waals surface area contributed by atoms with Gasteiger partial charge < -0.3 is 14.2 Å². The normalized spacial score (nSPS) is 16.7. The molecule has 1 aliphatic heterocycles. The van der Waals surface area contributed by atoms with E-state index in [0.29, 0.717) is 30.3 Å². The number of alkyl halides is 2. The Hall–Kier alpha value is -4.03. The van der Waals surface area contributed by atoms with E-state index < -0.39 is 64.4 Å². The van der Waals surface area contributed by atoms with Gasteiger partial charge in [0.05, 0.1) is 13.2 Å². The van der Waals surface area contributed by atoms with Crippen LogP contribution in [0.3, 0.4) is 0 Å². The molecule has 1 saturated heterocycles. The number of hydrogen-bond donors (Lipinski definition) is 0. The Morgan fingerprint density at radius 2 is 1.21 bits per heavy atom. The molecule has 12 heteroatoms. The third kappa shape index (κ3) is 7.98. The molecule has 5 rings (SSSR count). The number of hydrogen-bond acceptors (Lipinski definition) is 3. The van der Waals surface area contributed by atoms with Crippen LogP contribution in [-0.4, -0.2) is 13.2 Å². The van der Waals surface area contributed by atoms with Gasteiger partial charge >= 0.3 is 6.11 Å².